The summed E-state index contributed by atoms with van der Waals surface area (Å²) < 4.78 is 82.0. The smallest absolute Gasteiger partial charge is 0.387 e. The molecule has 0 saturated heterocycles. The molecule has 2 rings (SSSR count). The second-order valence-corrected chi connectivity index (χ2v) is 5.05. The Labute approximate surface area is 125 Å². The van der Waals surface area contributed by atoms with Gasteiger partial charge in [0, 0.05) is 5.75 Å². The summed E-state index contributed by atoms with van der Waals surface area (Å²) in [7, 11) is 0. The van der Waals surface area contributed by atoms with E-state index in [0.29, 0.717) is 17.3 Å². The molecule has 0 radical (unpaired) electrons. The quantitative estimate of drug-likeness (QED) is 0.323. The first-order chi connectivity index (χ1) is 10.4. The molecule has 1 nitrogen and oxygen atoms in total. The highest BCUT2D eigenvalue weighted by Crippen LogP contribution is 2.37. The highest BCUT2D eigenvalue weighted by molar-refractivity contribution is 7.98. The van der Waals surface area contributed by atoms with Crippen molar-refractivity contribution in [3.8, 4) is 5.75 Å². The number of alkyl halides is 2. The van der Waals surface area contributed by atoms with E-state index in [1.807, 2.05) is 0 Å². The van der Waals surface area contributed by atoms with E-state index < -0.39 is 40.5 Å². The summed E-state index contributed by atoms with van der Waals surface area (Å²) in [5, 5.41) is 0. The van der Waals surface area contributed by atoms with Gasteiger partial charge in [-0.2, -0.15) is 13.2 Å². The molecule has 2 aromatic rings. The lowest BCUT2D eigenvalue weighted by Crippen LogP contribution is -2.09. The van der Waals surface area contributed by atoms with E-state index >= 15 is 0 Å². The molecule has 0 heterocycles. The SMILES string of the molecule is Fc1c(F)c(OC(F)F)c(F)c(SCc2ccccc2)c1F. The fourth-order valence-electron chi connectivity index (χ4n) is 1.64. The maximum atomic E-state index is 13.9. The van der Waals surface area contributed by atoms with Crippen LogP contribution in [0.25, 0.3) is 0 Å². The first kappa shape index (κ1) is 16.5. The van der Waals surface area contributed by atoms with Gasteiger partial charge in [-0.1, -0.05) is 30.3 Å². The Kier molecular flexibility index (Phi) is 5.23. The molecule has 118 valence electrons. The summed E-state index contributed by atoms with van der Waals surface area (Å²) in [4.78, 5) is -0.918. The summed E-state index contributed by atoms with van der Waals surface area (Å²) >= 11 is 0.509. The van der Waals surface area contributed by atoms with Gasteiger partial charge in [-0.3, -0.25) is 0 Å². The van der Waals surface area contributed by atoms with Crippen molar-refractivity contribution in [2.45, 2.75) is 17.3 Å². The van der Waals surface area contributed by atoms with E-state index in [1.165, 1.54) is 0 Å². The van der Waals surface area contributed by atoms with E-state index in [1.54, 1.807) is 30.3 Å². The van der Waals surface area contributed by atoms with Gasteiger partial charge >= 0.3 is 6.61 Å². The largest absolute Gasteiger partial charge is 0.428 e. The van der Waals surface area contributed by atoms with Crippen LogP contribution < -0.4 is 4.74 Å². The molecule has 0 amide bonds. The van der Waals surface area contributed by atoms with Crippen LogP contribution in [0, 0.1) is 23.3 Å². The lowest BCUT2D eigenvalue weighted by atomic mass is 10.2. The average molecular weight is 338 g/mol. The lowest BCUT2D eigenvalue weighted by Gasteiger charge is -2.12. The van der Waals surface area contributed by atoms with Crippen molar-refractivity contribution in [2.24, 2.45) is 0 Å². The predicted octanol–water partition coefficient (Wildman–Crippen LogP) is 5.14. The minimum atomic E-state index is -3.57. The van der Waals surface area contributed by atoms with Crippen LogP contribution in [0.2, 0.25) is 0 Å². The Hall–Kier alpha value is -1.83. The monoisotopic (exact) mass is 338 g/mol. The summed E-state index contributed by atoms with van der Waals surface area (Å²) in [5.74, 6) is -9.26. The number of hydrogen-bond donors (Lipinski definition) is 0. The number of rotatable bonds is 5. The van der Waals surface area contributed by atoms with Gasteiger partial charge in [0.2, 0.25) is 11.6 Å². The van der Waals surface area contributed by atoms with Crippen molar-refractivity contribution in [1.82, 2.24) is 0 Å². The van der Waals surface area contributed by atoms with Crippen LogP contribution in [-0.2, 0) is 5.75 Å². The number of thioether (sulfide) groups is 1. The average Bonchev–Trinajstić information content (AvgIpc) is 2.50. The highest BCUT2D eigenvalue weighted by Gasteiger charge is 2.28. The molecule has 2 aromatic carbocycles. The molecule has 0 saturated carbocycles. The Morgan fingerprint density at radius 2 is 1.50 bits per heavy atom. The normalized spacial score (nSPS) is 11.0. The van der Waals surface area contributed by atoms with Crippen molar-refractivity contribution in [3.63, 3.8) is 0 Å². The van der Waals surface area contributed by atoms with E-state index in [0.717, 1.165) is 0 Å². The third kappa shape index (κ3) is 3.49. The number of benzene rings is 2. The molecule has 22 heavy (non-hydrogen) atoms. The van der Waals surface area contributed by atoms with Gasteiger partial charge in [0.1, 0.15) is 0 Å². The van der Waals surface area contributed by atoms with Gasteiger partial charge in [-0.25, -0.2) is 13.2 Å². The van der Waals surface area contributed by atoms with Crippen LogP contribution in [0.1, 0.15) is 5.56 Å². The molecule has 0 fully saturated rings. The second-order valence-electron chi connectivity index (χ2n) is 4.07. The van der Waals surface area contributed by atoms with E-state index in [4.69, 9.17) is 0 Å². The molecular formula is C14H8F6OS. The summed E-state index contributed by atoms with van der Waals surface area (Å²) in [6, 6.07) is 8.39. The fraction of sp³-hybridized carbons (Fsp3) is 0.143. The molecule has 0 atom stereocenters. The molecule has 0 spiro atoms. The summed E-state index contributed by atoms with van der Waals surface area (Å²) in [5.41, 5.74) is 0.660. The van der Waals surface area contributed by atoms with Crippen molar-refractivity contribution >= 4 is 11.8 Å². The number of ether oxygens (including phenoxy) is 1. The topological polar surface area (TPSA) is 9.23 Å². The third-order valence-corrected chi connectivity index (χ3v) is 3.74. The zero-order valence-corrected chi connectivity index (χ0v) is 11.6. The molecule has 0 aliphatic carbocycles. The standard InChI is InChI=1S/C14H8F6OS/c15-8-9(16)12(21-14(19)20)11(18)13(10(8)17)22-6-7-4-2-1-3-5-7/h1-5,14H,6H2. The molecular weight excluding hydrogens is 330 g/mol. The Bertz CT molecular complexity index is 662. The predicted molar refractivity (Wildman–Crippen MR) is 68.9 cm³/mol. The van der Waals surface area contributed by atoms with Crippen molar-refractivity contribution < 1.29 is 31.1 Å². The fourth-order valence-corrected chi connectivity index (χ4v) is 2.58. The second kappa shape index (κ2) is 6.95. The summed E-state index contributed by atoms with van der Waals surface area (Å²) in [6.07, 6.45) is 0. The minimum Gasteiger partial charge on any atom is -0.428 e. The van der Waals surface area contributed by atoms with Gasteiger partial charge in [-0.05, 0) is 5.56 Å². The van der Waals surface area contributed by atoms with Crippen LogP contribution in [-0.4, -0.2) is 6.61 Å². The Morgan fingerprint density at radius 3 is 2.09 bits per heavy atom. The van der Waals surface area contributed by atoms with E-state index in [2.05, 4.69) is 4.74 Å². The van der Waals surface area contributed by atoms with Crippen molar-refractivity contribution in [3.05, 3.63) is 59.2 Å². The zero-order valence-electron chi connectivity index (χ0n) is 10.8. The number of halogens is 6. The van der Waals surface area contributed by atoms with Crippen LogP contribution in [0.3, 0.4) is 0 Å². The summed E-state index contributed by atoms with van der Waals surface area (Å²) in [6.45, 7) is -3.57. The van der Waals surface area contributed by atoms with Gasteiger partial charge < -0.3 is 4.74 Å². The van der Waals surface area contributed by atoms with E-state index in [-0.39, 0.29) is 5.75 Å². The van der Waals surface area contributed by atoms with Gasteiger partial charge in [0.15, 0.2) is 17.5 Å². The molecule has 0 unspecified atom stereocenters. The zero-order chi connectivity index (χ0) is 16.3. The number of hydrogen-bond acceptors (Lipinski definition) is 2. The Morgan fingerprint density at radius 1 is 0.864 bits per heavy atom. The minimum absolute atomic E-state index is 0.0356. The maximum Gasteiger partial charge on any atom is 0.387 e. The molecule has 0 aromatic heterocycles. The van der Waals surface area contributed by atoms with Crippen molar-refractivity contribution in [1.29, 1.82) is 0 Å². The Balaban J connectivity index is 2.36. The van der Waals surface area contributed by atoms with Crippen molar-refractivity contribution in [2.75, 3.05) is 0 Å². The third-order valence-electron chi connectivity index (χ3n) is 2.62. The van der Waals surface area contributed by atoms with Crippen LogP contribution in [0.5, 0.6) is 5.75 Å². The van der Waals surface area contributed by atoms with E-state index in [9.17, 15) is 26.3 Å². The lowest BCUT2D eigenvalue weighted by molar-refractivity contribution is -0.0555. The first-order valence-corrected chi connectivity index (χ1v) is 6.87. The van der Waals surface area contributed by atoms with Gasteiger partial charge in [0.05, 0.1) is 4.90 Å². The van der Waals surface area contributed by atoms with Gasteiger partial charge in [-0.15, -0.1) is 11.8 Å². The molecule has 0 bridgehead atoms. The molecule has 0 N–H and O–H groups in total. The molecule has 0 aliphatic rings. The maximum absolute atomic E-state index is 13.9. The van der Waals surface area contributed by atoms with Crippen LogP contribution in [0.4, 0.5) is 26.3 Å². The van der Waals surface area contributed by atoms with Crippen LogP contribution >= 0.6 is 11.8 Å². The van der Waals surface area contributed by atoms with Gasteiger partial charge in [0.25, 0.3) is 0 Å². The molecule has 8 heteroatoms. The first-order valence-electron chi connectivity index (χ1n) is 5.89. The van der Waals surface area contributed by atoms with Crippen LogP contribution in [0.15, 0.2) is 35.2 Å². The highest BCUT2D eigenvalue weighted by atomic mass is 32.2. The molecule has 0 aliphatic heterocycles.